The largest absolute Gasteiger partial charge is 0.383 e. The molecule has 3 heterocycles. The van der Waals surface area contributed by atoms with Gasteiger partial charge in [0.05, 0.1) is 13.2 Å². The van der Waals surface area contributed by atoms with Crippen molar-refractivity contribution in [2.75, 3.05) is 26.8 Å². The predicted octanol–water partition coefficient (Wildman–Crippen LogP) is 2.62. The minimum atomic E-state index is 0. The van der Waals surface area contributed by atoms with Gasteiger partial charge in [-0.2, -0.15) is 0 Å². The normalized spacial score (nSPS) is 20.2. The van der Waals surface area contributed by atoms with Crippen molar-refractivity contribution >= 4 is 23.7 Å². The molecular weight excluding hydrogens is 334 g/mol. The summed E-state index contributed by atoms with van der Waals surface area (Å²) in [5, 5.41) is 14.5. The first kappa shape index (κ1) is 18.3. The van der Waals surface area contributed by atoms with E-state index >= 15 is 0 Å². The second-order valence-corrected chi connectivity index (χ2v) is 6.89. The summed E-state index contributed by atoms with van der Waals surface area (Å²) in [5.74, 6) is 1.65. The monoisotopic (exact) mass is 357 g/mol. The van der Waals surface area contributed by atoms with Crippen LogP contribution < -0.4 is 0 Å². The molecule has 23 heavy (non-hydrogen) atoms. The molecule has 0 amide bonds. The fourth-order valence-electron chi connectivity index (χ4n) is 3.12. The molecule has 8 heteroatoms. The minimum absolute atomic E-state index is 0. The number of methoxy groups -OCH3 is 1. The number of hydrogen-bond acceptors (Lipinski definition) is 6. The van der Waals surface area contributed by atoms with E-state index in [1.165, 1.54) is 17.7 Å². The maximum absolute atomic E-state index is 5.18. The highest BCUT2D eigenvalue weighted by Gasteiger charge is 2.31. The molecule has 0 bridgehead atoms. The third-order valence-corrected chi connectivity index (χ3v) is 5.10. The molecule has 0 N–H and O–H groups in total. The van der Waals surface area contributed by atoms with Crippen LogP contribution in [-0.2, 0) is 11.3 Å². The van der Waals surface area contributed by atoms with Crippen LogP contribution in [0.5, 0.6) is 0 Å². The Labute approximate surface area is 147 Å². The highest BCUT2D eigenvalue weighted by molar-refractivity contribution is 7.10. The van der Waals surface area contributed by atoms with Crippen LogP contribution in [0.2, 0.25) is 0 Å². The first-order chi connectivity index (χ1) is 10.8. The van der Waals surface area contributed by atoms with E-state index in [1.54, 1.807) is 18.4 Å². The molecule has 3 rings (SSSR count). The summed E-state index contributed by atoms with van der Waals surface area (Å²) < 4.78 is 7.06. The van der Waals surface area contributed by atoms with Gasteiger partial charge < -0.3 is 4.74 Å². The zero-order valence-electron chi connectivity index (χ0n) is 13.6. The number of likely N-dealkylation sites (tertiary alicyclic amines) is 1. The molecule has 1 saturated heterocycles. The summed E-state index contributed by atoms with van der Waals surface area (Å²) in [6.45, 7) is 5.82. The number of piperidine rings is 1. The minimum Gasteiger partial charge on any atom is -0.383 e. The fraction of sp³-hybridized carbons (Fsp3) is 0.667. The van der Waals surface area contributed by atoms with Gasteiger partial charge in [-0.15, -0.1) is 28.8 Å². The summed E-state index contributed by atoms with van der Waals surface area (Å²) >= 11 is 1.77. The molecule has 0 spiro atoms. The average molecular weight is 358 g/mol. The lowest BCUT2D eigenvalue weighted by atomic mass is 9.98. The first-order valence-electron chi connectivity index (χ1n) is 7.82. The number of thiophene rings is 1. The molecule has 0 aliphatic carbocycles. The van der Waals surface area contributed by atoms with Gasteiger partial charge in [0.15, 0.2) is 5.82 Å². The van der Waals surface area contributed by atoms with Crippen LogP contribution in [0.15, 0.2) is 17.5 Å². The van der Waals surface area contributed by atoms with Crippen LogP contribution in [0, 0.1) is 5.92 Å². The molecule has 0 radical (unpaired) electrons. The topological polar surface area (TPSA) is 56.1 Å². The third kappa shape index (κ3) is 4.29. The van der Waals surface area contributed by atoms with Crippen molar-refractivity contribution < 1.29 is 4.74 Å². The second-order valence-electron chi connectivity index (χ2n) is 5.91. The smallest absolute Gasteiger partial charge is 0.173 e. The van der Waals surface area contributed by atoms with Crippen LogP contribution in [0.25, 0.3) is 0 Å². The summed E-state index contributed by atoms with van der Waals surface area (Å²) in [6.07, 6.45) is 2.55. The Morgan fingerprint density at radius 2 is 2.35 bits per heavy atom. The van der Waals surface area contributed by atoms with E-state index in [1.807, 2.05) is 4.68 Å². The van der Waals surface area contributed by atoms with Gasteiger partial charge in [-0.25, -0.2) is 4.68 Å². The number of halogens is 1. The van der Waals surface area contributed by atoms with E-state index in [2.05, 4.69) is 44.9 Å². The Kier molecular flexibility index (Phi) is 6.95. The molecule has 1 fully saturated rings. The number of nitrogens with zero attached hydrogens (tertiary/aromatic N) is 5. The Bertz CT molecular complexity index is 576. The van der Waals surface area contributed by atoms with E-state index in [-0.39, 0.29) is 18.4 Å². The van der Waals surface area contributed by atoms with Crippen LogP contribution in [0.3, 0.4) is 0 Å². The SMILES string of the molecule is COCCn1nnnc1C(c1cccs1)N1CCCC(C)C1.Cl. The number of tetrazole rings is 1. The molecule has 0 aromatic carbocycles. The Morgan fingerprint density at radius 3 is 3.04 bits per heavy atom. The summed E-state index contributed by atoms with van der Waals surface area (Å²) in [6, 6.07) is 4.43. The van der Waals surface area contributed by atoms with Gasteiger partial charge in [-0.05, 0) is 47.2 Å². The van der Waals surface area contributed by atoms with Crippen LogP contribution >= 0.6 is 23.7 Å². The van der Waals surface area contributed by atoms with Gasteiger partial charge in [0, 0.05) is 18.5 Å². The van der Waals surface area contributed by atoms with Gasteiger partial charge in [0.2, 0.25) is 0 Å². The average Bonchev–Trinajstić information content (AvgIpc) is 3.18. The summed E-state index contributed by atoms with van der Waals surface area (Å²) in [4.78, 5) is 3.83. The number of ether oxygens (including phenoxy) is 1. The maximum atomic E-state index is 5.18. The molecule has 1 aliphatic rings. The molecule has 2 unspecified atom stereocenters. The number of rotatable bonds is 6. The van der Waals surface area contributed by atoms with Gasteiger partial charge in [0.1, 0.15) is 6.04 Å². The molecule has 0 saturated carbocycles. The Morgan fingerprint density at radius 1 is 1.48 bits per heavy atom. The molecule has 2 atom stereocenters. The molecule has 2 aromatic heterocycles. The van der Waals surface area contributed by atoms with E-state index in [0.29, 0.717) is 13.2 Å². The highest BCUT2D eigenvalue weighted by atomic mass is 35.5. The lowest BCUT2D eigenvalue weighted by Crippen LogP contribution is -2.39. The maximum Gasteiger partial charge on any atom is 0.173 e. The van der Waals surface area contributed by atoms with Crippen molar-refractivity contribution in [2.45, 2.75) is 32.4 Å². The third-order valence-electron chi connectivity index (χ3n) is 4.18. The van der Waals surface area contributed by atoms with Gasteiger partial charge in [0.25, 0.3) is 0 Å². The Balaban J connectivity index is 0.00000192. The number of aromatic nitrogens is 4. The zero-order valence-corrected chi connectivity index (χ0v) is 15.2. The lowest BCUT2D eigenvalue weighted by Gasteiger charge is -2.36. The Hall–Kier alpha value is -1.02. The van der Waals surface area contributed by atoms with E-state index in [0.717, 1.165) is 24.8 Å². The van der Waals surface area contributed by atoms with E-state index in [4.69, 9.17) is 4.74 Å². The first-order valence-corrected chi connectivity index (χ1v) is 8.70. The molecule has 2 aromatic rings. The van der Waals surface area contributed by atoms with Crippen molar-refractivity contribution in [2.24, 2.45) is 5.92 Å². The van der Waals surface area contributed by atoms with E-state index in [9.17, 15) is 0 Å². The predicted molar refractivity (Wildman–Crippen MR) is 93.1 cm³/mol. The van der Waals surface area contributed by atoms with Crippen molar-refractivity contribution in [3.8, 4) is 0 Å². The summed E-state index contributed by atoms with van der Waals surface area (Å²) in [5.41, 5.74) is 0. The van der Waals surface area contributed by atoms with Crippen LogP contribution in [-0.4, -0.2) is 51.9 Å². The van der Waals surface area contributed by atoms with Crippen molar-refractivity contribution in [3.63, 3.8) is 0 Å². The molecule has 1 aliphatic heterocycles. The highest BCUT2D eigenvalue weighted by Crippen LogP contribution is 2.33. The van der Waals surface area contributed by atoms with Crippen LogP contribution in [0.1, 0.15) is 36.5 Å². The van der Waals surface area contributed by atoms with Crippen molar-refractivity contribution in [3.05, 3.63) is 28.2 Å². The van der Waals surface area contributed by atoms with E-state index < -0.39 is 0 Å². The van der Waals surface area contributed by atoms with Crippen molar-refractivity contribution in [1.29, 1.82) is 0 Å². The quantitative estimate of drug-likeness (QED) is 0.795. The van der Waals surface area contributed by atoms with Crippen molar-refractivity contribution in [1.82, 2.24) is 25.1 Å². The lowest BCUT2D eigenvalue weighted by molar-refractivity contribution is 0.139. The molecular formula is C15H24ClN5OS. The van der Waals surface area contributed by atoms with Gasteiger partial charge in [-0.1, -0.05) is 13.0 Å². The molecule has 128 valence electrons. The number of hydrogen-bond donors (Lipinski definition) is 0. The van der Waals surface area contributed by atoms with Crippen LogP contribution in [0.4, 0.5) is 0 Å². The molecule has 6 nitrogen and oxygen atoms in total. The fourth-order valence-corrected chi connectivity index (χ4v) is 3.98. The second kappa shape index (κ2) is 8.73. The van der Waals surface area contributed by atoms with Gasteiger partial charge >= 0.3 is 0 Å². The summed E-state index contributed by atoms with van der Waals surface area (Å²) in [7, 11) is 1.70. The zero-order chi connectivity index (χ0) is 15.4. The standard InChI is InChI=1S/C15H23N5OS.ClH/c1-12-5-3-7-19(11-12)14(13-6-4-10-22-13)15-16-17-18-20(15)8-9-21-2;/h4,6,10,12,14H,3,5,7-9,11H2,1-2H3;1H. The van der Waals surface area contributed by atoms with Gasteiger partial charge in [-0.3, -0.25) is 4.90 Å².